The van der Waals surface area contributed by atoms with Gasteiger partial charge in [0.25, 0.3) is 0 Å². The van der Waals surface area contributed by atoms with Crippen molar-refractivity contribution in [3.05, 3.63) is 70.3 Å². The maximum Gasteiger partial charge on any atom is 0.175 e. The number of ketones is 1. The lowest BCUT2D eigenvalue weighted by Gasteiger charge is -2.07. The first-order chi connectivity index (χ1) is 9.97. The second-order valence-electron chi connectivity index (χ2n) is 5.40. The third-order valence-corrected chi connectivity index (χ3v) is 4.77. The minimum atomic E-state index is -1.18. The Morgan fingerprint density at radius 3 is 2.38 bits per heavy atom. The van der Waals surface area contributed by atoms with E-state index in [1.165, 1.54) is 0 Å². The normalized spacial score (nSPS) is 12.1. The highest BCUT2D eigenvalue weighted by molar-refractivity contribution is 7.85. The van der Waals surface area contributed by atoms with Crippen molar-refractivity contribution in [1.82, 2.24) is 0 Å². The first-order valence-electron chi connectivity index (χ1n) is 6.97. The molecule has 0 amide bonds. The van der Waals surface area contributed by atoms with Gasteiger partial charge in [0.2, 0.25) is 0 Å². The Kier molecular flexibility index (Phi) is 5.07. The molecule has 0 fully saturated rings. The van der Waals surface area contributed by atoms with Crippen molar-refractivity contribution in [1.29, 1.82) is 0 Å². The summed E-state index contributed by atoms with van der Waals surface area (Å²) in [5, 5.41) is 0. The number of hydrogen-bond acceptors (Lipinski definition) is 2. The first-order valence-corrected chi connectivity index (χ1v) is 8.46. The van der Waals surface area contributed by atoms with Crippen molar-refractivity contribution in [3.63, 3.8) is 0 Å². The van der Waals surface area contributed by atoms with Crippen LogP contribution in [0.15, 0.2) is 42.5 Å². The molecule has 1 unspecified atom stereocenters. The van der Waals surface area contributed by atoms with Gasteiger partial charge < -0.3 is 0 Å². The Morgan fingerprint density at radius 1 is 1.00 bits per heavy atom. The first kappa shape index (κ1) is 15.6. The summed E-state index contributed by atoms with van der Waals surface area (Å²) in [7, 11) is -1.18. The Hall–Kier alpha value is -1.74. The summed E-state index contributed by atoms with van der Waals surface area (Å²) in [6.07, 6.45) is 0. The van der Waals surface area contributed by atoms with Crippen LogP contribution in [0, 0.1) is 20.8 Å². The molecule has 0 spiro atoms. The molecule has 1 atom stereocenters. The molecular weight excluding hydrogens is 280 g/mol. The molecule has 2 rings (SSSR count). The summed E-state index contributed by atoms with van der Waals surface area (Å²) in [5.74, 6) is 0.473. The minimum Gasteiger partial charge on any atom is -0.293 e. The third-order valence-electron chi connectivity index (χ3n) is 3.55. The number of rotatable bonds is 5. The zero-order valence-electron chi connectivity index (χ0n) is 12.7. The highest BCUT2D eigenvalue weighted by atomic mass is 32.2. The van der Waals surface area contributed by atoms with Crippen LogP contribution in [-0.4, -0.2) is 15.7 Å². The Morgan fingerprint density at radius 2 is 1.71 bits per heavy atom. The van der Waals surface area contributed by atoms with E-state index in [0.29, 0.717) is 11.3 Å². The topological polar surface area (TPSA) is 34.1 Å². The van der Waals surface area contributed by atoms with Crippen LogP contribution in [0.2, 0.25) is 0 Å². The number of benzene rings is 2. The summed E-state index contributed by atoms with van der Waals surface area (Å²) in [6.45, 7) is 5.92. The Labute approximate surface area is 128 Å². The van der Waals surface area contributed by atoms with Crippen molar-refractivity contribution in [3.8, 4) is 0 Å². The van der Waals surface area contributed by atoms with Gasteiger partial charge in [-0.3, -0.25) is 9.00 Å². The molecule has 0 saturated carbocycles. The number of carbonyl (C=O) groups is 1. The number of Topliss-reactive ketones (excluding diaryl/α,β-unsaturated/α-hetero) is 1. The van der Waals surface area contributed by atoms with Crippen molar-refractivity contribution < 1.29 is 9.00 Å². The molecule has 0 aliphatic rings. The molecule has 0 aliphatic carbocycles. The fourth-order valence-corrected chi connectivity index (χ4v) is 3.57. The van der Waals surface area contributed by atoms with Crippen LogP contribution >= 0.6 is 0 Å². The van der Waals surface area contributed by atoms with E-state index in [9.17, 15) is 9.00 Å². The van der Waals surface area contributed by atoms with E-state index in [0.717, 1.165) is 22.3 Å². The Balaban J connectivity index is 2.06. The molecule has 0 aliphatic heterocycles. The summed E-state index contributed by atoms with van der Waals surface area (Å²) >= 11 is 0. The van der Waals surface area contributed by atoms with E-state index >= 15 is 0 Å². The van der Waals surface area contributed by atoms with Crippen LogP contribution in [-0.2, 0) is 16.6 Å². The lowest BCUT2D eigenvalue weighted by atomic mass is 10.0. The third kappa shape index (κ3) is 4.11. The average Bonchev–Trinajstić information content (AvgIpc) is 2.41. The van der Waals surface area contributed by atoms with E-state index in [4.69, 9.17) is 0 Å². The van der Waals surface area contributed by atoms with Gasteiger partial charge >= 0.3 is 0 Å². The fraction of sp³-hybridized carbons (Fsp3) is 0.278. The molecule has 0 radical (unpaired) electrons. The van der Waals surface area contributed by atoms with Gasteiger partial charge in [-0.15, -0.1) is 0 Å². The summed E-state index contributed by atoms with van der Waals surface area (Å²) < 4.78 is 12.2. The van der Waals surface area contributed by atoms with Gasteiger partial charge in [-0.05, 0) is 37.5 Å². The van der Waals surface area contributed by atoms with E-state index in [1.807, 2.05) is 63.2 Å². The van der Waals surface area contributed by atoms with Gasteiger partial charge in [0.05, 0.1) is 5.75 Å². The lowest BCUT2D eigenvalue weighted by Crippen LogP contribution is -2.14. The summed E-state index contributed by atoms with van der Waals surface area (Å²) in [6, 6.07) is 13.6. The largest absolute Gasteiger partial charge is 0.293 e. The van der Waals surface area contributed by atoms with Crippen LogP contribution in [0.5, 0.6) is 0 Å². The van der Waals surface area contributed by atoms with Crippen LogP contribution in [0.25, 0.3) is 0 Å². The van der Waals surface area contributed by atoms with E-state index in [2.05, 4.69) is 0 Å². The van der Waals surface area contributed by atoms with Crippen molar-refractivity contribution >= 4 is 16.6 Å². The fourth-order valence-electron chi connectivity index (χ4n) is 2.35. The quantitative estimate of drug-likeness (QED) is 0.788. The molecule has 0 bridgehead atoms. The number of aryl methyl sites for hydroxylation is 3. The zero-order chi connectivity index (χ0) is 15.4. The molecule has 0 saturated heterocycles. The van der Waals surface area contributed by atoms with E-state index in [1.54, 1.807) is 0 Å². The molecule has 2 aromatic carbocycles. The number of hydrogen-bond donors (Lipinski definition) is 0. The van der Waals surface area contributed by atoms with Gasteiger partial charge in [0.1, 0.15) is 0 Å². The summed E-state index contributed by atoms with van der Waals surface area (Å²) in [5.41, 5.74) is 4.92. The molecule has 3 heteroatoms. The monoisotopic (exact) mass is 300 g/mol. The van der Waals surface area contributed by atoms with Crippen LogP contribution in [0.3, 0.4) is 0 Å². The summed E-state index contributed by atoms with van der Waals surface area (Å²) in [4.78, 5) is 12.3. The Bertz CT molecular complexity index is 689. The predicted molar refractivity (Wildman–Crippen MR) is 88.1 cm³/mol. The standard InChI is InChI=1S/C18H20O2S/c1-13-8-9-17(15(3)10-13)18(19)12-21(20)11-16-7-5-4-6-14(16)2/h4-10H,11-12H2,1-3H3. The second kappa shape index (κ2) is 6.81. The van der Waals surface area contributed by atoms with Crippen molar-refractivity contribution in [2.75, 3.05) is 5.75 Å². The van der Waals surface area contributed by atoms with Crippen LogP contribution in [0.1, 0.15) is 32.6 Å². The van der Waals surface area contributed by atoms with Gasteiger partial charge in [0, 0.05) is 22.1 Å². The van der Waals surface area contributed by atoms with Crippen molar-refractivity contribution in [2.24, 2.45) is 0 Å². The van der Waals surface area contributed by atoms with Gasteiger partial charge in [0.15, 0.2) is 5.78 Å². The smallest absolute Gasteiger partial charge is 0.175 e. The molecule has 2 aromatic rings. The highest BCUT2D eigenvalue weighted by Crippen LogP contribution is 2.14. The van der Waals surface area contributed by atoms with Gasteiger partial charge in [-0.2, -0.15) is 0 Å². The van der Waals surface area contributed by atoms with E-state index < -0.39 is 10.8 Å². The maximum absolute atomic E-state index is 12.3. The zero-order valence-corrected chi connectivity index (χ0v) is 13.5. The van der Waals surface area contributed by atoms with Gasteiger partial charge in [-0.25, -0.2) is 0 Å². The SMILES string of the molecule is Cc1ccc(C(=O)CS(=O)Cc2ccccc2C)c(C)c1. The molecule has 110 valence electrons. The molecule has 2 nitrogen and oxygen atoms in total. The highest BCUT2D eigenvalue weighted by Gasteiger charge is 2.14. The van der Waals surface area contributed by atoms with Crippen LogP contribution < -0.4 is 0 Å². The molecular formula is C18H20O2S. The molecule has 0 N–H and O–H groups in total. The van der Waals surface area contributed by atoms with Crippen LogP contribution in [0.4, 0.5) is 0 Å². The number of carbonyl (C=O) groups excluding carboxylic acids is 1. The second-order valence-corrected chi connectivity index (χ2v) is 6.85. The van der Waals surface area contributed by atoms with E-state index in [-0.39, 0.29) is 11.5 Å². The minimum absolute atomic E-state index is 0.0422. The average molecular weight is 300 g/mol. The predicted octanol–water partition coefficient (Wildman–Crippen LogP) is 3.74. The lowest BCUT2D eigenvalue weighted by molar-refractivity contribution is 0.102. The maximum atomic E-state index is 12.3. The molecule has 0 aromatic heterocycles. The molecule has 21 heavy (non-hydrogen) atoms. The van der Waals surface area contributed by atoms with Crippen molar-refractivity contribution in [2.45, 2.75) is 26.5 Å². The van der Waals surface area contributed by atoms with Gasteiger partial charge in [-0.1, -0.05) is 48.0 Å². The molecule has 0 heterocycles.